The van der Waals surface area contributed by atoms with Crippen LogP contribution in [-0.4, -0.2) is 17.6 Å². The molecule has 2 aromatic carbocycles. The van der Waals surface area contributed by atoms with Crippen LogP contribution in [0.4, 0.5) is 5.69 Å². The highest BCUT2D eigenvalue weighted by molar-refractivity contribution is 5.96. The van der Waals surface area contributed by atoms with Gasteiger partial charge in [-0.15, -0.1) is 0 Å². The molecule has 0 bridgehead atoms. The number of rotatable bonds is 4. The van der Waals surface area contributed by atoms with E-state index in [1.165, 1.54) is 6.07 Å². The van der Waals surface area contributed by atoms with Crippen molar-refractivity contribution in [3.8, 4) is 5.75 Å². The summed E-state index contributed by atoms with van der Waals surface area (Å²) in [5.41, 5.74) is 9.00. The number of carbonyl (C=O) groups is 1. The fourth-order valence-electron chi connectivity index (χ4n) is 2.07. The van der Waals surface area contributed by atoms with E-state index in [0.29, 0.717) is 12.1 Å². The minimum atomic E-state index is -0.267. The van der Waals surface area contributed by atoms with E-state index in [1.807, 2.05) is 25.1 Å². The molecule has 0 atom stereocenters. The molecule has 0 saturated heterocycles. The number of phenolic OH excluding ortho intramolecular Hbond substituents is 1. The summed E-state index contributed by atoms with van der Waals surface area (Å²) in [5, 5.41) is 12.4. The van der Waals surface area contributed by atoms with Crippen LogP contribution in [0.3, 0.4) is 0 Å². The molecule has 1 amide bonds. The van der Waals surface area contributed by atoms with Gasteiger partial charge in [-0.05, 0) is 48.7 Å². The molecule has 0 saturated carbocycles. The lowest BCUT2D eigenvalue weighted by Crippen LogP contribution is -2.25. The number of nitrogens with two attached hydrogens (primary N) is 1. The van der Waals surface area contributed by atoms with E-state index in [4.69, 9.17) is 5.73 Å². The van der Waals surface area contributed by atoms with Crippen LogP contribution in [0.2, 0.25) is 0 Å². The molecule has 4 nitrogen and oxygen atoms in total. The first-order chi connectivity index (χ1) is 9.58. The number of aromatic hydroxyl groups is 1. The van der Waals surface area contributed by atoms with E-state index in [1.54, 1.807) is 18.2 Å². The van der Waals surface area contributed by atoms with Gasteiger partial charge < -0.3 is 16.2 Å². The Kier molecular flexibility index (Phi) is 4.25. The van der Waals surface area contributed by atoms with Gasteiger partial charge in [0.25, 0.3) is 5.91 Å². The molecular weight excluding hydrogens is 252 g/mol. The van der Waals surface area contributed by atoms with E-state index in [-0.39, 0.29) is 11.7 Å². The van der Waals surface area contributed by atoms with Gasteiger partial charge in [0, 0.05) is 12.2 Å². The molecule has 0 aromatic heterocycles. The van der Waals surface area contributed by atoms with E-state index in [9.17, 15) is 9.90 Å². The molecule has 0 unspecified atom stereocenters. The molecule has 4 N–H and O–H groups in total. The lowest BCUT2D eigenvalue weighted by atomic mass is 10.0. The number of hydrogen-bond acceptors (Lipinski definition) is 3. The number of phenols is 1. The Morgan fingerprint density at radius 1 is 1.25 bits per heavy atom. The number of anilines is 1. The van der Waals surface area contributed by atoms with Crippen LogP contribution >= 0.6 is 0 Å². The van der Waals surface area contributed by atoms with Crippen molar-refractivity contribution >= 4 is 11.6 Å². The molecule has 20 heavy (non-hydrogen) atoms. The number of benzene rings is 2. The highest BCUT2D eigenvalue weighted by atomic mass is 16.3. The minimum absolute atomic E-state index is 0.00587. The van der Waals surface area contributed by atoms with Crippen LogP contribution in [0.15, 0.2) is 42.5 Å². The minimum Gasteiger partial charge on any atom is -0.507 e. The fourth-order valence-corrected chi connectivity index (χ4v) is 2.07. The third kappa shape index (κ3) is 3.29. The van der Waals surface area contributed by atoms with Crippen molar-refractivity contribution in [1.82, 2.24) is 5.32 Å². The second kappa shape index (κ2) is 6.10. The Labute approximate surface area is 118 Å². The summed E-state index contributed by atoms with van der Waals surface area (Å²) in [5.74, 6) is -0.273. The van der Waals surface area contributed by atoms with Crippen molar-refractivity contribution in [2.45, 2.75) is 13.3 Å². The molecule has 104 valence electrons. The Morgan fingerprint density at radius 2 is 2.00 bits per heavy atom. The van der Waals surface area contributed by atoms with Crippen LogP contribution in [0.5, 0.6) is 5.75 Å². The van der Waals surface area contributed by atoms with E-state index < -0.39 is 0 Å². The van der Waals surface area contributed by atoms with Gasteiger partial charge >= 0.3 is 0 Å². The molecule has 4 heteroatoms. The number of hydrogen-bond donors (Lipinski definition) is 3. The number of nitrogens with one attached hydrogen (secondary N) is 1. The lowest BCUT2D eigenvalue weighted by molar-refractivity contribution is 0.0951. The SMILES string of the molecule is Cc1cc(N)ccc1CCNC(=O)c1ccccc1O. The van der Waals surface area contributed by atoms with Crippen LogP contribution in [0.25, 0.3) is 0 Å². The Hall–Kier alpha value is -2.49. The summed E-state index contributed by atoms with van der Waals surface area (Å²) in [6.07, 6.45) is 0.728. The van der Waals surface area contributed by atoms with Crippen molar-refractivity contribution < 1.29 is 9.90 Å². The first-order valence-corrected chi connectivity index (χ1v) is 6.49. The molecule has 0 fully saturated rings. The Bertz CT molecular complexity index is 624. The maximum absolute atomic E-state index is 11.9. The molecule has 0 heterocycles. The van der Waals surface area contributed by atoms with Gasteiger partial charge in [0.2, 0.25) is 0 Å². The quantitative estimate of drug-likeness (QED) is 0.746. The molecule has 0 aliphatic carbocycles. The number of aryl methyl sites for hydroxylation is 1. The van der Waals surface area contributed by atoms with Crippen LogP contribution < -0.4 is 11.1 Å². The molecule has 2 rings (SSSR count). The summed E-state index contributed by atoms with van der Waals surface area (Å²) in [6.45, 7) is 2.51. The summed E-state index contributed by atoms with van der Waals surface area (Å²) >= 11 is 0. The third-order valence-corrected chi connectivity index (χ3v) is 3.20. The summed E-state index contributed by atoms with van der Waals surface area (Å²) in [6, 6.07) is 12.2. The smallest absolute Gasteiger partial charge is 0.255 e. The van der Waals surface area contributed by atoms with Crippen LogP contribution in [0.1, 0.15) is 21.5 Å². The average molecular weight is 270 g/mol. The molecule has 0 spiro atoms. The van der Waals surface area contributed by atoms with Gasteiger partial charge in [0.15, 0.2) is 0 Å². The van der Waals surface area contributed by atoms with E-state index in [0.717, 1.165) is 23.2 Å². The second-order valence-corrected chi connectivity index (χ2v) is 4.71. The number of nitrogen functional groups attached to an aromatic ring is 1. The van der Waals surface area contributed by atoms with E-state index in [2.05, 4.69) is 5.32 Å². The normalized spacial score (nSPS) is 10.2. The van der Waals surface area contributed by atoms with Gasteiger partial charge in [-0.3, -0.25) is 4.79 Å². The topological polar surface area (TPSA) is 75.3 Å². The maximum Gasteiger partial charge on any atom is 0.255 e. The first kappa shape index (κ1) is 13.9. The zero-order valence-electron chi connectivity index (χ0n) is 11.4. The van der Waals surface area contributed by atoms with Crippen molar-refractivity contribution in [2.24, 2.45) is 0 Å². The average Bonchev–Trinajstić information content (AvgIpc) is 2.41. The van der Waals surface area contributed by atoms with Gasteiger partial charge in [-0.25, -0.2) is 0 Å². The van der Waals surface area contributed by atoms with Gasteiger partial charge in [0.1, 0.15) is 5.75 Å². The zero-order chi connectivity index (χ0) is 14.5. The van der Waals surface area contributed by atoms with Crippen LogP contribution in [-0.2, 0) is 6.42 Å². The van der Waals surface area contributed by atoms with Crippen molar-refractivity contribution in [2.75, 3.05) is 12.3 Å². The molecule has 0 radical (unpaired) electrons. The predicted molar refractivity (Wildman–Crippen MR) is 79.7 cm³/mol. The predicted octanol–water partition coefficient (Wildman–Crippen LogP) is 2.26. The Morgan fingerprint density at radius 3 is 2.70 bits per heavy atom. The van der Waals surface area contributed by atoms with Gasteiger partial charge in [0.05, 0.1) is 5.56 Å². The molecule has 0 aliphatic rings. The molecule has 0 aliphatic heterocycles. The van der Waals surface area contributed by atoms with Crippen molar-refractivity contribution in [3.63, 3.8) is 0 Å². The summed E-state index contributed by atoms with van der Waals surface area (Å²) in [7, 11) is 0. The zero-order valence-corrected chi connectivity index (χ0v) is 11.4. The number of amides is 1. The lowest BCUT2D eigenvalue weighted by Gasteiger charge is -2.09. The van der Waals surface area contributed by atoms with Crippen molar-refractivity contribution in [1.29, 1.82) is 0 Å². The number of carbonyl (C=O) groups excluding carboxylic acids is 1. The third-order valence-electron chi connectivity index (χ3n) is 3.20. The Balaban J connectivity index is 1.93. The van der Waals surface area contributed by atoms with Gasteiger partial charge in [-0.2, -0.15) is 0 Å². The standard InChI is InChI=1S/C16H18N2O2/c1-11-10-13(17)7-6-12(11)8-9-18-16(20)14-4-2-3-5-15(14)19/h2-7,10,19H,8-9,17H2,1H3,(H,18,20). The van der Waals surface area contributed by atoms with E-state index >= 15 is 0 Å². The number of para-hydroxylation sites is 1. The molecular formula is C16H18N2O2. The second-order valence-electron chi connectivity index (χ2n) is 4.71. The summed E-state index contributed by atoms with van der Waals surface area (Å²) < 4.78 is 0. The van der Waals surface area contributed by atoms with Crippen molar-refractivity contribution in [3.05, 3.63) is 59.2 Å². The highest BCUT2D eigenvalue weighted by Gasteiger charge is 2.09. The molecule has 2 aromatic rings. The summed E-state index contributed by atoms with van der Waals surface area (Å²) in [4.78, 5) is 11.9. The largest absolute Gasteiger partial charge is 0.507 e. The van der Waals surface area contributed by atoms with Gasteiger partial charge in [-0.1, -0.05) is 18.2 Å². The fraction of sp³-hybridized carbons (Fsp3) is 0.188. The monoisotopic (exact) mass is 270 g/mol. The van der Waals surface area contributed by atoms with Crippen LogP contribution in [0, 0.1) is 6.92 Å². The maximum atomic E-state index is 11.9. The first-order valence-electron chi connectivity index (χ1n) is 6.49. The highest BCUT2D eigenvalue weighted by Crippen LogP contribution is 2.15.